The molecule has 2 N–H and O–H groups in total. The molecule has 33 heavy (non-hydrogen) atoms. The molecule has 1 heterocycles. The molecular formula is C20H13Br2F3N2O5S. The van der Waals surface area contributed by atoms with Crippen LogP contribution in [0.5, 0.6) is 11.5 Å². The molecule has 0 atom stereocenters. The van der Waals surface area contributed by atoms with Crippen molar-refractivity contribution in [3.05, 3.63) is 55.3 Å². The lowest BCUT2D eigenvalue weighted by Crippen LogP contribution is -2.36. The van der Waals surface area contributed by atoms with E-state index in [1.807, 2.05) is 0 Å². The summed E-state index contributed by atoms with van der Waals surface area (Å²) in [6, 6.07) is 5.65. The van der Waals surface area contributed by atoms with E-state index in [9.17, 15) is 32.7 Å². The van der Waals surface area contributed by atoms with Crippen LogP contribution in [0.3, 0.4) is 0 Å². The average molecular weight is 610 g/mol. The first-order valence-corrected chi connectivity index (χ1v) is 11.3. The first-order chi connectivity index (χ1) is 15.4. The number of carbonyl (C=O) groups excluding carboxylic acids is 3. The van der Waals surface area contributed by atoms with Crippen molar-refractivity contribution in [1.29, 1.82) is 0 Å². The van der Waals surface area contributed by atoms with Crippen molar-refractivity contribution in [2.45, 2.75) is 6.18 Å². The van der Waals surface area contributed by atoms with Gasteiger partial charge in [-0.3, -0.25) is 19.3 Å². The number of hydrogen-bond donors (Lipinski definition) is 2. The van der Waals surface area contributed by atoms with Gasteiger partial charge in [0.05, 0.1) is 27.7 Å². The summed E-state index contributed by atoms with van der Waals surface area (Å²) in [7, 11) is 1.22. The normalized spacial score (nSPS) is 15.3. The van der Waals surface area contributed by atoms with E-state index in [0.29, 0.717) is 31.7 Å². The van der Waals surface area contributed by atoms with Crippen molar-refractivity contribution >= 4 is 72.4 Å². The molecule has 0 bridgehead atoms. The zero-order chi connectivity index (χ0) is 24.5. The number of benzene rings is 2. The van der Waals surface area contributed by atoms with E-state index in [-0.39, 0.29) is 27.7 Å². The van der Waals surface area contributed by atoms with Crippen LogP contribution < -0.4 is 10.1 Å². The third kappa shape index (κ3) is 5.71. The number of aromatic hydroxyl groups is 1. The number of methoxy groups -OCH3 is 1. The molecule has 1 saturated heterocycles. The first kappa shape index (κ1) is 25.1. The zero-order valence-electron chi connectivity index (χ0n) is 16.5. The van der Waals surface area contributed by atoms with E-state index in [0.717, 1.165) is 12.1 Å². The van der Waals surface area contributed by atoms with Gasteiger partial charge < -0.3 is 15.2 Å². The van der Waals surface area contributed by atoms with Crippen LogP contribution in [0.2, 0.25) is 0 Å². The summed E-state index contributed by atoms with van der Waals surface area (Å²) in [4.78, 5) is 38.0. The SMILES string of the molecule is COc1ccc(C(F)(F)F)cc1NC(=O)CN1C(=O)S/C(=C\c2cc(Br)cc(Br)c2O)C1=O. The van der Waals surface area contributed by atoms with E-state index < -0.39 is 35.3 Å². The number of imide groups is 1. The molecular weight excluding hydrogens is 597 g/mol. The van der Waals surface area contributed by atoms with Gasteiger partial charge in [0.1, 0.15) is 18.0 Å². The van der Waals surface area contributed by atoms with Gasteiger partial charge in [-0.15, -0.1) is 0 Å². The lowest BCUT2D eigenvalue weighted by Gasteiger charge is -2.16. The molecule has 2 aromatic rings. The fourth-order valence-electron chi connectivity index (χ4n) is 2.79. The second-order valence-corrected chi connectivity index (χ2v) is 9.32. The lowest BCUT2D eigenvalue weighted by molar-refractivity contribution is -0.137. The van der Waals surface area contributed by atoms with Gasteiger partial charge in [0, 0.05) is 10.0 Å². The molecule has 3 rings (SSSR count). The van der Waals surface area contributed by atoms with Crippen LogP contribution in [0.25, 0.3) is 6.08 Å². The van der Waals surface area contributed by atoms with Crippen LogP contribution in [0, 0.1) is 0 Å². The first-order valence-electron chi connectivity index (χ1n) is 8.89. The predicted octanol–water partition coefficient (Wildman–Crippen LogP) is 5.62. The highest BCUT2D eigenvalue weighted by Gasteiger charge is 2.37. The fraction of sp³-hybridized carbons (Fsp3) is 0.150. The fourth-order valence-corrected chi connectivity index (χ4v) is 4.88. The molecule has 7 nitrogen and oxygen atoms in total. The Morgan fingerprint density at radius 1 is 1.24 bits per heavy atom. The van der Waals surface area contributed by atoms with Gasteiger partial charge in [0.2, 0.25) is 5.91 Å². The van der Waals surface area contributed by atoms with Crippen LogP contribution in [0.15, 0.2) is 44.2 Å². The topological polar surface area (TPSA) is 95.9 Å². The molecule has 1 aliphatic heterocycles. The molecule has 2 aromatic carbocycles. The molecule has 13 heteroatoms. The third-order valence-electron chi connectivity index (χ3n) is 4.32. The van der Waals surface area contributed by atoms with Crippen LogP contribution in [-0.2, 0) is 15.8 Å². The van der Waals surface area contributed by atoms with Gasteiger partial charge in [0.25, 0.3) is 11.1 Å². The number of anilines is 1. The van der Waals surface area contributed by atoms with Gasteiger partial charge in [-0.1, -0.05) is 15.9 Å². The van der Waals surface area contributed by atoms with Crippen LogP contribution in [0.4, 0.5) is 23.7 Å². The molecule has 0 saturated carbocycles. The maximum atomic E-state index is 13.0. The summed E-state index contributed by atoms with van der Waals surface area (Å²) < 4.78 is 44.9. The Hall–Kier alpha value is -2.51. The largest absolute Gasteiger partial charge is 0.506 e. The summed E-state index contributed by atoms with van der Waals surface area (Å²) in [5.74, 6) is -1.86. The molecule has 0 aliphatic carbocycles. The smallest absolute Gasteiger partial charge is 0.416 e. The molecule has 0 spiro atoms. The van der Waals surface area contributed by atoms with Gasteiger partial charge in [-0.25, -0.2) is 0 Å². The molecule has 174 valence electrons. The Kier molecular flexibility index (Phi) is 7.44. The number of nitrogens with zero attached hydrogens (tertiary/aromatic N) is 1. The minimum absolute atomic E-state index is 0.0268. The number of amides is 3. The highest BCUT2D eigenvalue weighted by Crippen LogP contribution is 2.38. The van der Waals surface area contributed by atoms with E-state index >= 15 is 0 Å². The minimum atomic E-state index is -4.64. The third-order valence-corrected chi connectivity index (χ3v) is 6.29. The van der Waals surface area contributed by atoms with E-state index in [4.69, 9.17) is 4.74 Å². The predicted molar refractivity (Wildman–Crippen MR) is 123 cm³/mol. The molecule has 0 unspecified atom stereocenters. The quantitative estimate of drug-likeness (QED) is 0.427. The number of hydrogen-bond acceptors (Lipinski definition) is 6. The highest BCUT2D eigenvalue weighted by molar-refractivity contribution is 9.11. The lowest BCUT2D eigenvalue weighted by atomic mass is 10.1. The second kappa shape index (κ2) is 9.77. The Balaban J connectivity index is 1.79. The van der Waals surface area contributed by atoms with E-state index in [2.05, 4.69) is 37.2 Å². The van der Waals surface area contributed by atoms with Gasteiger partial charge in [-0.05, 0) is 64.1 Å². The Labute approximate surface area is 206 Å². The van der Waals surface area contributed by atoms with Crippen molar-refractivity contribution in [3.8, 4) is 11.5 Å². The summed E-state index contributed by atoms with van der Waals surface area (Å²) in [5.41, 5.74) is -1.02. The Bertz CT molecular complexity index is 1190. The second-order valence-electron chi connectivity index (χ2n) is 6.55. The number of ether oxygens (including phenoxy) is 1. The van der Waals surface area contributed by atoms with Crippen molar-refractivity contribution in [2.24, 2.45) is 0 Å². The van der Waals surface area contributed by atoms with Crippen molar-refractivity contribution in [3.63, 3.8) is 0 Å². The van der Waals surface area contributed by atoms with Crippen molar-refractivity contribution in [2.75, 3.05) is 19.0 Å². The number of rotatable bonds is 5. The molecule has 3 amide bonds. The molecule has 1 aliphatic rings. The van der Waals surface area contributed by atoms with Crippen molar-refractivity contribution in [1.82, 2.24) is 4.90 Å². The van der Waals surface area contributed by atoms with Gasteiger partial charge >= 0.3 is 6.18 Å². The number of phenolic OH excluding ortho intramolecular Hbond substituents is 1. The van der Waals surface area contributed by atoms with E-state index in [1.54, 1.807) is 6.07 Å². The Morgan fingerprint density at radius 3 is 2.58 bits per heavy atom. The summed E-state index contributed by atoms with van der Waals surface area (Å²) in [6.45, 7) is -0.727. The van der Waals surface area contributed by atoms with Crippen molar-refractivity contribution < 1.29 is 37.4 Å². The minimum Gasteiger partial charge on any atom is -0.506 e. The highest BCUT2D eigenvalue weighted by atomic mass is 79.9. The number of nitrogens with one attached hydrogen (secondary N) is 1. The van der Waals surface area contributed by atoms with Crippen LogP contribution >= 0.6 is 43.6 Å². The zero-order valence-corrected chi connectivity index (χ0v) is 20.5. The summed E-state index contributed by atoms with van der Waals surface area (Å²) >= 11 is 6.98. The van der Waals surface area contributed by atoms with E-state index in [1.165, 1.54) is 19.3 Å². The number of halogens is 5. The number of phenols is 1. The number of carbonyl (C=O) groups is 3. The Morgan fingerprint density at radius 2 is 1.94 bits per heavy atom. The monoisotopic (exact) mass is 608 g/mol. The average Bonchev–Trinajstić information content (AvgIpc) is 2.98. The van der Waals surface area contributed by atoms with Crippen LogP contribution in [-0.4, -0.2) is 40.7 Å². The van der Waals surface area contributed by atoms with Crippen LogP contribution in [0.1, 0.15) is 11.1 Å². The summed E-state index contributed by atoms with van der Waals surface area (Å²) in [5, 5.41) is 11.6. The number of alkyl halides is 3. The maximum absolute atomic E-state index is 13.0. The van der Waals surface area contributed by atoms with Gasteiger partial charge in [0.15, 0.2) is 0 Å². The summed E-state index contributed by atoms with van der Waals surface area (Å²) in [6.07, 6.45) is -3.35. The standard InChI is InChI=1S/C20H13Br2F3N2O5S/c1-32-14-3-2-10(20(23,24)25)6-13(14)26-16(28)8-27-18(30)15(33-19(27)31)5-9-4-11(21)7-12(22)17(9)29/h2-7,29H,8H2,1H3,(H,26,28)/b15-5-. The maximum Gasteiger partial charge on any atom is 0.416 e. The van der Waals surface area contributed by atoms with Gasteiger partial charge in [-0.2, -0.15) is 13.2 Å². The molecule has 1 fully saturated rings. The molecule has 0 radical (unpaired) electrons. The number of thioether (sulfide) groups is 1. The molecule has 0 aromatic heterocycles.